The number of hydrogen-bond acceptors (Lipinski definition) is 5. The normalized spacial score (nSPS) is 11.3. The fourth-order valence-electron chi connectivity index (χ4n) is 4.03. The molecule has 0 radical (unpaired) electrons. The first-order chi connectivity index (χ1) is 15.4. The van der Waals surface area contributed by atoms with Crippen LogP contribution in [0.3, 0.4) is 0 Å². The van der Waals surface area contributed by atoms with Gasteiger partial charge in [0, 0.05) is 19.7 Å². The van der Waals surface area contributed by atoms with Crippen LogP contribution in [0.2, 0.25) is 0 Å². The zero-order valence-electron chi connectivity index (χ0n) is 17.7. The molecule has 0 aliphatic carbocycles. The van der Waals surface area contributed by atoms with Crippen LogP contribution >= 0.6 is 0 Å². The van der Waals surface area contributed by atoms with Crippen LogP contribution < -0.4 is 11.2 Å². The van der Waals surface area contributed by atoms with Gasteiger partial charge in [-0.1, -0.05) is 48.5 Å². The standard InChI is InChI=1S/C24H19N5O3/c1-14-17-18(20(30)15-10-6-4-7-11-15)19-21(27(2)24(32)28(3)23(19)31)25-22(17)29(26-14)16-12-8-5-9-13-16/h4-13H,1-3H3. The molecule has 2 aromatic carbocycles. The van der Waals surface area contributed by atoms with E-state index >= 15 is 0 Å². The fraction of sp³-hybridized carbons (Fsp3) is 0.125. The highest BCUT2D eigenvalue weighted by Crippen LogP contribution is 2.29. The first-order valence-corrected chi connectivity index (χ1v) is 10.0. The number of aryl methyl sites for hydroxylation is 2. The van der Waals surface area contributed by atoms with E-state index in [9.17, 15) is 14.4 Å². The Bertz CT molecular complexity index is 1650. The zero-order chi connectivity index (χ0) is 22.6. The molecule has 8 nitrogen and oxygen atoms in total. The summed E-state index contributed by atoms with van der Waals surface area (Å²) in [5.41, 5.74) is 1.42. The summed E-state index contributed by atoms with van der Waals surface area (Å²) in [5.74, 6) is -0.325. The van der Waals surface area contributed by atoms with Crippen molar-refractivity contribution in [3.8, 4) is 5.69 Å². The second-order valence-corrected chi connectivity index (χ2v) is 7.62. The lowest BCUT2D eigenvalue weighted by Gasteiger charge is -2.12. The lowest BCUT2D eigenvalue weighted by molar-refractivity contribution is 0.104. The molecule has 3 aromatic heterocycles. The maximum Gasteiger partial charge on any atom is 0.332 e. The maximum atomic E-state index is 13.7. The van der Waals surface area contributed by atoms with Crippen molar-refractivity contribution >= 4 is 27.9 Å². The Morgan fingerprint density at radius 3 is 2.09 bits per heavy atom. The van der Waals surface area contributed by atoms with Gasteiger partial charge in [0.25, 0.3) is 5.56 Å². The van der Waals surface area contributed by atoms with Gasteiger partial charge in [-0.3, -0.25) is 18.7 Å². The number of rotatable bonds is 3. The van der Waals surface area contributed by atoms with Crippen LogP contribution in [0.25, 0.3) is 27.8 Å². The van der Waals surface area contributed by atoms with E-state index in [1.54, 1.807) is 35.9 Å². The van der Waals surface area contributed by atoms with Crippen LogP contribution in [0.1, 0.15) is 21.6 Å². The number of aromatic nitrogens is 5. The monoisotopic (exact) mass is 425 g/mol. The average molecular weight is 425 g/mol. The summed E-state index contributed by atoms with van der Waals surface area (Å²) in [4.78, 5) is 44.3. The molecule has 158 valence electrons. The predicted molar refractivity (Wildman–Crippen MR) is 121 cm³/mol. The zero-order valence-corrected chi connectivity index (χ0v) is 17.7. The van der Waals surface area contributed by atoms with Gasteiger partial charge in [-0.2, -0.15) is 5.10 Å². The van der Waals surface area contributed by atoms with Crippen molar-refractivity contribution < 1.29 is 4.79 Å². The predicted octanol–water partition coefficient (Wildman–Crippen LogP) is 2.51. The number of ketones is 1. The van der Waals surface area contributed by atoms with Crippen LogP contribution in [0, 0.1) is 6.92 Å². The van der Waals surface area contributed by atoms with Gasteiger partial charge >= 0.3 is 5.69 Å². The lowest BCUT2D eigenvalue weighted by Crippen LogP contribution is -2.38. The second-order valence-electron chi connectivity index (χ2n) is 7.62. The Labute approximate surface area is 182 Å². The van der Waals surface area contributed by atoms with Crippen molar-refractivity contribution in [3.63, 3.8) is 0 Å². The third-order valence-corrected chi connectivity index (χ3v) is 5.65. The Morgan fingerprint density at radius 2 is 1.44 bits per heavy atom. The van der Waals surface area contributed by atoms with Gasteiger partial charge in [0.15, 0.2) is 17.1 Å². The summed E-state index contributed by atoms with van der Waals surface area (Å²) in [6.07, 6.45) is 0. The summed E-state index contributed by atoms with van der Waals surface area (Å²) in [5, 5.41) is 5.22. The van der Waals surface area contributed by atoms with Crippen molar-refractivity contribution in [1.82, 2.24) is 23.9 Å². The number of pyridine rings is 1. The molecule has 0 aliphatic heterocycles. The second kappa shape index (κ2) is 7.12. The molecule has 0 N–H and O–H groups in total. The molecule has 0 bridgehead atoms. The van der Waals surface area contributed by atoms with Gasteiger partial charge in [-0.25, -0.2) is 14.5 Å². The summed E-state index contributed by atoms with van der Waals surface area (Å²) >= 11 is 0. The molecule has 0 fully saturated rings. The van der Waals surface area contributed by atoms with Crippen molar-refractivity contribution in [2.75, 3.05) is 0 Å². The van der Waals surface area contributed by atoms with Crippen molar-refractivity contribution in [3.05, 3.63) is 98.3 Å². The first kappa shape index (κ1) is 19.6. The van der Waals surface area contributed by atoms with E-state index in [-0.39, 0.29) is 22.4 Å². The quantitative estimate of drug-likeness (QED) is 0.414. The molecule has 3 heterocycles. The molecule has 0 saturated carbocycles. The molecule has 0 aliphatic rings. The van der Waals surface area contributed by atoms with Gasteiger partial charge in [0.2, 0.25) is 0 Å². The van der Waals surface area contributed by atoms with Gasteiger partial charge in [0.05, 0.1) is 27.7 Å². The van der Waals surface area contributed by atoms with Gasteiger partial charge in [-0.15, -0.1) is 0 Å². The van der Waals surface area contributed by atoms with E-state index in [0.717, 1.165) is 10.3 Å². The number of hydrogen-bond donors (Lipinski definition) is 0. The Morgan fingerprint density at radius 1 is 0.812 bits per heavy atom. The third-order valence-electron chi connectivity index (χ3n) is 5.65. The average Bonchev–Trinajstić information content (AvgIpc) is 3.17. The summed E-state index contributed by atoms with van der Waals surface area (Å²) in [7, 11) is 2.93. The smallest absolute Gasteiger partial charge is 0.289 e. The molecule has 0 amide bonds. The van der Waals surface area contributed by atoms with Crippen molar-refractivity contribution in [1.29, 1.82) is 0 Å². The maximum absolute atomic E-state index is 13.7. The Kier molecular flexibility index (Phi) is 4.37. The third kappa shape index (κ3) is 2.73. The minimum absolute atomic E-state index is 0.103. The topological polar surface area (TPSA) is 91.8 Å². The number of nitrogens with zero attached hydrogens (tertiary/aromatic N) is 5. The van der Waals surface area contributed by atoms with Crippen LogP contribution in [-0.2, 0) is 14.1 Å². The largest absolute Gasteiger partial charge is 0.332 e. The lowest BCUT2D eigenvalue weighted by atomic mass is 9.97. The van der Waals surface area contributed by atoms with Crippen LogP contribution in [0.15, 0.2) is 70.3 Å². The van der Waals surface area contributed by atoms with Gasteiger partial charge in [-0.05, 0) is 19.1 Å². The highest BCUT2D eigenvalue weighted by atomic mass is 16.2. The fourth-order valence-corrected chi connectivity index (χ4v) is 4.03. The molecule has 5 aromatic rings. The molecule has 32 heavy (non-hydrogen) atoms. The van der Waals surface area contributed by atoms with E-state index in [1.807, 2.05) is 36.4 Å². The molecular weight excluding hydrogens is 406 g/mol. The Hall–Kier alpha value is -4.33. The SMILES string of the molecule is Cc1nn(-c2ccccc2)c2nc3c(c(C(=O)c4ccccc4)c12)c(=O)n(C)c(=O)n3C. The van der Waals surface area contributed by atoms with Crippen LogP contribution in [0.5, 0.6) is 0 Å². The number of para-hydroxylation sites is 1. The first-order valence-electron chi connectivity index (χ1n) is 10.0. The molecule has 8 heteroatoms. The molecule has 0 atom stereocenters. The molecule has 0 spiro atoms. The van der Waals surface area contributed by atoms with Crippen LogP contribution in [-0.4, -0.2) is 29.7 Å². The summed E-state index contributed by atoms with van der Waals surface area (Å²) in [6.45, 7) is 1.78. The van der Waals surface area contributed by atoms with Crippen molar-refractivity contribution in [2.24, 2.45) is 14.1 Å². The van der Waals surface area contributed by atoms with E-state index in [4.69, 9.17) is 0 Å². The highest BCUT2D eigenvalue weighted by molar-refractivity contribution is 6.23. The van der Waals surface area contributed by atoms with Crippen molar-refractivity contribution in [2.45, 2.75) is 6.92 Å². The summed E-state index contributed by atoms with van der Waals surface area (Å²) < 4.78 is 3.91. The van der Waals surface area contributed by atoms with E-state index in [2.05, 4.69) is 10.1 Å². The van der Waals surface area contributed by atoms with E-state index in [0.29, 0.717) is 22.3 Å². The number of carbonyl (C=O) groups is 1. The van der Waals surface area contributed by atoms with Crippen LogP contribution in [0.4, 0.5) is 0 Å². The minimum Gasteiger partial charge on any atom is -0.289 e. The van der Waals surface area contributed by atoms with E-state index in [1.165, 1.54) is 18.7 Å². The van der Waals surface area contributed by atoms with Gasteiger partial charge < -0.3 is 0 Å². The van der Waals surface area contributed by atoms with E-state index < -0.39 is 11.2 Å². The highest BCUT2D eigenvalue weighted by Gasteiger charge is 2.27. The molecular formula is C24H19N5O3. The number of benzene rings is 2. The summed E-state index contributed by atoms with van der Waals surface area (Å²) in [6, 6.07) is 18.1. The molecule has 0 saturated heterocycles. The Balaban J connectivity index is 2.03. The number of carbonyl (C=O) groups excluding carboxylic acids is 1. The minimum atomic E-state index is -0.566. The number of fused-ring (bicyclic) bond motifs is 2. The van der Waals surface area contributed by atoms with Gasteiger partial charge in [0.1, 0.15) is 0 Å². The molecule has 0 unspecified atom stereocenters. The molecule has 5 rings (SSSR count).